The lowest BCUT2D eigenvalue weighted by atomic mass is 9.71. The molecule has 4 aromatic rings. The van der Waals surface area contributed by atoms with Crippen molar-refractivity contribution in [3.8, 4) is 17.3 Å². The van der Waals surface area contributed by atoms with E-state index in [1.54, 1.807) is 40.0 Å². The molecule has 0 bridgehead atoms. The van der Waals surface area contributed by atoms with Crippen LogP contribution in [0.25, 0.3) is 33.5 Å². The number of carboxylic acid groups (broad SMARTS) is 1. The highest BCUT2D eigenvalue weighted by Gasteiger charge is 2.38. The van der Waals surface area contributed by atoms with Crippen molar-refractivity contribution in [2.75, 3.05) is 20.2 Å². The molecule has 1 aliphatic heterocycles. The van der Waals surface area contributed by atoms with Crippen LogP contribution >= 0.6 is 0 Å². The lowest BCUT2D eigenvalue weighted by Crippen LogP contribution is -2.54. The van der Waals surface area contributed by atoms with Gasteiger partial charge >= 0.3 is 12.1 Å². The van der Waals surface area contributed by atoms with E-state index in [-0.39, 0.29) is 37.3 Å². The maximum Gasteiger partial charge on any atom is 0.407 e. The summed E-state index contributed by atoms with van der Waals surface area (Å²) in [6, 6.07) is 11.2. The number of hydrogen-bond acceptors (Lipinski definition) is 6. The number of amides is 2. The number of aryl methyl sites for hydroxylation is 1. The number of carbonyl (C=O) groups excluding carboxylic acids is 2. The van der Waals surface area contributed by atoms with Crippen molar-refractivity contribution in [3.05, 3.63) is 47.5 Å². The van der Waals surface area contributed by atoms with Crippen LogP contribution in [0.15, 0.2) is 36.4 Å². The van der Waals surface area contributed by atoms with E-state index in [9.17, 15) is 23.9 Å². The number of aliphatic carboxylic acids is 1. The lowest BCUT2D eigenvalue weighted by molar-refractivity contribution is -0.145. The highest BCUT2D eigenvalue weighted by Crippen LogP contribution is 2.46. The molecule has 2 aromatic carbocycles. The van der Waals surface area contributed by atoms with Crippen LogP contribution in [0.5, 0.6) is 5.75 Å². The number of halogens is 1. The van der Waals surface area contributed by atoms with Gasteiger partial charge in [0, 0.05) is 37.5 Å². The van der Waals surface area contributed by atoms with Gasteiger partial charge in [-0.1, -0.05) is 18.2 Å². The number of benzene rings is 2. The third kappa shape index (κ3) is 6.45. The van der Waals surface area contributed by atoms with Gasteiger partial charge in [-0.3, -0.25) is 9.59 Å². The van der Waals surface area contributed by atoms with Crippen LogP contribution in [0, 0.1) is 11.8 Å². The fourth-order valence-electron chi connectivity index (χ4n) is 7.47. The number of imidazole rings is 1. The Kier molecular flexibility index (Phi) is 8.31. The second-order valence-electron chi connectivity index (χ2n) is 15.0. The standard InChI is InChI=1S/C37H44FN5O6/c1-37(2,3)49-36(47)39-26-16-25(38)18-42(19-26)34(44)23-13-28-32(30(15-23)48-5)41(4)33(40-28)29-14-21-7-6-8-27(22-11-24(12-22)35(45)46)31(21)43(29)17-20-9-10-20/h6-8,13-15,20,22,24-26H,9-12,16-19H2,1-5H3,(H,39,47)(H,45,46)/t22?,24?,25-,26-/m1/s1. The molecule has 2 atom stereocenters. The van der Waals surface area contributed by atoms with E-state index in [4.69, 9.17) is 14.5 Å². The number of carboxylic acids is 1. The minimum atomic E-state index is -1.31. The molecule has 3 fully saturated rings. The summed E-state index contributed by atoms with van der Waals surface area (Å²) < 4.78 is 30.4. The largest absolute Gasteiger partial charge is 0.494 e. The van der Waals surface area contributed by atoms with Crippen LogP contribution in [0.2, 0.25) is 0 Å². The first-order valence-corrected chi connectivity index (χ1v) is 17.1. The minimum Gasteiger partial charge on any atom is -0.494 e. The highest BCUT2D eigenvalue weighted by atomic mass is 19.1. The van der Waals surface area contributed by atoms with Crippen LogP contribution in [0.4, 0.5) is 9.18 Å². The molecule has 2 aliphatic carbocycles. The zero-order chi connectivity index (χ0) is 34.8. The summed E-state index contributed by atoms with van der Waals surface area (Å²) in [6.07, 6.45) is 1.74. The van der Waals surface area contributed by atoms with Crippen molar-refractivity contribution >= 4 is 39.9 Å². The molecule has 2 amide bonds. The maximum atomic E-state index is 14.9. The van der Waals surface area contributed by atoms with Gasteiger partial charge in [0.1, 0.15) is 23.0 Å². The first-order valence-electron chi connectivity index (χ1n) is 17.1. The fraction of sp³-hybridized carbons (Fsp3) is 0.514. The van der Waals surface area contributed by atoms with Gasteiger partial charge in [0.05, 0.1) is 42.3 Å². The van der Waals surface area contributed by atoms with Gasteiger partial charge in [-0.05, 0) is 82.1 Å². The normalized spacial score (nSPS) is 22.6. The molecule has 1 saturated heterocycles. The van der Waals surface area contributed by atoms with Crippen LogP contribution in [0.1, 0.15) is 74.7 Å². The van der Waals surface area contributed by atoms with Crippen LogP contribution < -0.4 is 10.1 Å². The van der Waals surface area contributed by atoms with Gasteiger partial charge in [-0.25, -0.2) is 14.2 Å². The van der Waals surface area contributed by atoms with Gasteiger partial charge < -0.3 is 33.9 Å². The Labute approximate surface area is 284 Å². The summed E-state index contributed by atoms with van der Waals surface area (Å²) in [5, 5.41) is 13.3. The molecule has 2 aromatic heterocycles. The van der Waals surface area contributed by atoms with E-state index in [0.29, 0.717) is 35.6 Å². The molecule has 0 unspecified atom stereocenters. The van der Waals surface area contributed by atoms with E-state index in [1.807, 2.05) is 17.7 Å². The van der Waals surface area contributed by atoms with Gasteiger partial charge in [0.25, 0.3) is 5.91 Å². The quantitative estimate of drug-likeness (QED) is 0.226. The van der Waals surface area contributed by atoms with Gasteiger partial charge in [0.2, 0.25) is 0 Å². The summed E-state index contributed by atoms with van der Waals surface area (Å²) >= 11 is 0. The molecule has 2 saturated carbocycles. The number of piperidine rings is 1. The Balaban J connectivity index is 1.23. The highest BCUT2D eigenvalue weighted by molar-refractivity contribution is 6.00. The van der Waals surface area contributed by atoms with Crippen LogP contribution in [-0.2, 0) is 23.1 Å². The average Bonchev–Trinajstić information content (AvgIpc) is 3.66. The summed E-state index contributed by atoms with van der Waals surface area (Å²) in [5.74, 6) is 0.548. The number of nitrogens with zero attached hydrogens (tertiary/aromatic N) is 4. The predicted octanol–water partition coefficient (Wildman–Crippen LogP) is 6.27. The molecule has 11 nitrogen and oxygen atoms in total. The molecular formula is C37H44FN5O6. The monoisotopic (exact) mass is 673 g/mol. The number of methoxy groups -OCH3 is 1. The Bertz CT molecular complexity index is 1950. The van der Waals surface area contributed by atoms with Crippen LogP contribution in [0.3, 0.4) is 0 Å². The molecule has 3 aliphatic rings. The van der Waals surface area contributed by atoms with Gasteiger partial charge in [-0.15, -0.1) is 0 Å². The number of nitrogens with one attached hydrogen (secondary N) is 1. The Hall–Kier alpha value is -4.61. The number of alkyl halides is 1. The zero-order valence-corrected chi connectivity index (χ0v) is 28.7. The SMILES string of the molecule is COc1cc(C(=O)N2C[C@H](F)C[C@@H](NC(=O)OC(C)(C)C)C2)cc2nc(-c3cc4cccc(C5CC(C(=O)O)C5)c4n3CC3CC3)n(C)c12. The number of fused-ring (bicyclic) bond motifs is 2. The number of likely N-dealkylation sites (tertiary alicyclic amines) is 1. The second kappa shape index (κ2) is 12.4. The molecule has 3 heterocycles. The number of carbonyl (C=O) groups is 3. The number of ether oxygens (including phenoxy) is 2. The van der Waals surface area contributed by atoms with E-state index < -0.39 is 29.9 Å². The van der Waals surface area contributed by atoms with Gasteiger partial charge in [-0.2, -0.15) is 0 Å². The predicted molar refractivity (Wildman–Crippen MR) is 183 cm³/mol. The Morgan fingerprint density at radius 3 is 2.49 bits per heavy atom. The smallest absolute Gasteiger partial charge is 0.407 e. The molecular weight excluding hydrogens is 629 g/mol. The van der Waals surface area contributed by atoms with E-state index in [1.165, 1.54) is 10.5 Å². The molecule has 0 radical (unpaired) electrons. The van der Waals surface area contributed by atoms with Crippen molar-refractivity contribution < 1.29 is 33.4 Å². The topological polar surface area (TPSA) is 128 Å². The summed E-state index contributed by atoms with van der Waals surface area (Å²) in [5.41, 5.74) is 4.18. The second-order valence-corrected chi connectivity index (χ2v) is 15.0. The third-order valence-electron chi connectivity index (χ3n) is 10.1. The zero-order valence-electron chi connectivity index (χ0n) is 28.7. The fourth-order valence-corrected chi connectivity index (χ4v) is 7.47. The summed E-state index contributed by atoms with van der Waals surface area (Å²) in [4.78, 5) is 44.3. The molecule has 2 N–H and O–H groups in total. The van der Waals surface area contributed by atoms with Crippen molar-refractivity contribution in [2.24, 2.45) is 18.9 Å². The van der Waals surface area contributed by atoms with E-state index in [0.717, 1.165) is 47.3 Å². The third-order valence-corrected chi connectivity index (χ3v) is 10.1. The van der Waals surface area contributed by atoms with Gasteiger partial charge in [0.15, 0.2) is 5.82 Å². The lowest BCUT2D eigenvalue weighted by Gasteiger charge is -2.35. The summed E-state index contributed by atoms with van der Waals surface area (Å²) in [7, 11) is 3.48. The van der Waals surface area contributed by atoms with Crippen molar-refractivity contribution in [3.63, 3.8) is 0 Å². The van der Waals surface area contributed by atoms with E-state index >= 15 is 0 Å². The number of hydrogen-bond donors (Lipinski definition) is 2. The van der Waals surface area contributed by atoms with Crippen LogP contribution in [-0.4, -0.2) is 80.1 Å². The number of para-hydroxylation sites is 1. The molecule has 7 rings (SSSR count). The van der Waals surface area contributed by atoms with E-state index in [2.05, 4.69) is 28.1 Å². The maximum absolute atomic E-state index is 14.9. The number of rotatable bonds is 8. The first kappa shape index (κ1) is 32.9. The molecule has 0 spiro atoms. The Morgan fingerprint density at radius 2 is 1.82 bits per heavy atom. The molecule has 49 heavy (non-hydrogen) atoms. The molecule has 12 heteroatoms. The minimum absolute atomic E-state index is 0.0863. The van der Waals surface area contributed by atoms with Crippen molar-refractivity contribution in [1.29, 1.82) is 0 Å². The number of alkyl carbamates (subject to hydrolysis) is 1. The average molecular weight is 674 g/mol. The number of aromatic nitrogens is 3. The first-order chi connectivity index (χ1) is 23.3. The van der Waals surface area contributed by atoms with Crippen molar-refractivity contribution in [2.45, 2.75) is 83.2 Å². The summed E-state index contributed by atoms with van der Waals surface area (Å²) in [6.45, 7) is 6.16. The Morgan fingerprint density at radius 1 is 1.06 bits per heavy atom. The van der Waals surface area contributed by atoms with Crippen molar-refractivity contribution in [1.82, 2.24) is 24.3 Å². The molecule has 260 valence electrons.